The van der Waals surface area contributed by atoms with Gasteiger partial charge in [-0.05, 0) is 47.6 Å². The Morgan fingerprint density at radius 2 is 1.80 bits per heavy atom. The summed E-state index contributed by atoms with van der Waals surface area (Å²) < 4.78 is 2.20. The highest BCUT2D eigenvalue weighted by Crippen LogP contribution is 2.48. The average Bonchev–Trinajstić information content (AvgIpc) is 3.43. The first-order chi connectivity index (χ1) is 14.5. The number of nitrogens with zero attached hydrogens (tertiary/aromatic N) is 2. The van der Waals surface area contributed by atoms with Crippen LogP contribution in [0.4, 0.5) is 0 Å². The van der Waals surface area contributed by atoms with Crippen molar-refractivity contribution in [3.63, 3.8) is 0 Å². The molecule has 1 amide bonds. The van der Waals surface area contributed by atoms with E-state index in [1.165, 1.54) is 5.56 Å². The smallest absolute Gasteiger partial charge is 0.226 e. The highest BCUT2D eigenvalue weighted by Gasteiger charge is 2.45. The van der Waals surface area contributed by atoms with Gasteiger partial charge in [0.15, 0.2) is 0 Å². The first-order valence-corrected chi connectivity index (χ1v) is 11.1. The SMILES string of the molecule is CC(C)CN(Cc1cccn1Cc1ccccc1Cl)C(=O)C1CC1c1ccccc1. The molecule has 2 atom stereocenters. The standard InChI is InChI=1S/C26H29ClN2O/c1-19(2)16-29(26(30)24-15-23(24)20-9-4-3-5-10-20)18-22-12-8-14-28(22)17-21-11-6-7-13-25(21)27/h3-14,19,23-24H,15-18H2,1-2H3. The molecular weight excluding hydrogens is 392 g/mol. The second-order valence-electron chi connectivity index (χ2n) is 8.69. The Kier molecular flexibility index (Phi) is 6.29. The van der Waals surface area contributed by atoms with Crippen molar-refractivity contribution >= 4 is 17.5 Å². The maximum atomic E-state index is 13.4. The van der Waals surface area contributed by atoms with Crippen molar-refractivity contribution < 1.29 is 4.79 Å². The van der Waals surface area contributed by atoms with Crippen molar-refractivity contribution in [3.05, 3.63) is 94.8 Å². The molecule has 0 bridgehead atoms. The summed E-state index contributed by atoms with van der Waals surface area (Å²) in [5, 5.41) is 0.774. The zero-order chi connectivity index (χ0) is 21.1. The van der Waals surface area contributed by atoms with E-state index in [-0.39, 0.29) is 11.8 Å². The Balaban J connectivity index is 1.49. The predicted molar refractivity (Wildman–Crippen MR) is 123 cm³/mol. The van der Waals surface area contributed by atoms with Crippen LogP contribution < -0.4 is 0 Å². The second kappa shape index (κ2) is 9.09. The summed E-state index contributed by atoms with van der Waals surface area (Å²) >= 11 is 6.36. The van der Waals surface area contributed by atoms with Crippen LogP contribution in [0.15, 0.2) is 72.9 Å². The number of amides is 1. The minimum atomic E-state index is 0.109. The highest BCUT2D eigenvalue weighted by atomic mass is 35.5. The van der Waals surface area contributed by atoms with Gasteiger partial charge in [0.25, 0.3) is 0 Å². The van der Waals surface area contributed by atoms with Crippen molar-refractivity contribution in [1.82, 2.24) is 9.47 Å². The van der Waals surface area contributed by atoms with Gasteiger partial charge in [0, 0.05) is 35.9 Å². The van der Waals surface area contributed by atoms with Gasteiger partial charge in [0.1, 0.15) is 0 Å². The molecule has 2 unspecified atom stereocenters. The van der Waals surface area contributed by atoms with E-state index in [2.05, 4.69) is 65.9 Å². The largest absolute Gasteiger partial charge is 0.345 e. The molecule has 1 aliphatic rings. The van der Waals surface area contributed by atoms with E-state index in [1.807, 2.05) is 30.3 Å². The summed E-state index contributed by atoms with van der Waals surface area (Å²) in [6, 6.07) is 22.5. The van der Waals surface area contributed by atoms with E-state index < -0.39 is 0 Å². The molecular formula is C26H29ClN2O. The van der Waals surface area contributed by atoms with Crippen LogP contribution >= 0.6 is 11.6 Å². The lowest BCUT2D eigenvalue weighted by Crippen LogP contribution is -2.35. The van der Waals surface area contributed by atoms with Gasteiger partial charge in [-0.15, -0.1) is 0 Å². The molecule has 0 spiro atoms. The summed E-state index contributed by atoms with van der Waals surface area (Å²) in [4.78, 5) is 15.4. The van der Waals surface area contributed by atoms with Crippen LogP contribution in [0.25, 0.3) is 0 Å². The Labute approximate surface area is 184 Å². The van der Waals surface area contributed by atoms with Crippen LogP contribution in [0.5, 0.6) is 0 Å². The number of carbonyl (C=O) groups excluding carboxylic acids is 1. The molecule has 1 heterocycles. The minimum Gasteiger partial charge on any atom is -0.345 e. The molecule has 0 radical (unpaired) electrons. The van der Waals surface area contributed by atoms with Gasteiger partial charge < -0.3 is 9.47 Å². The predicted octanol–water partition coefficient (Wildman–Crippen LogP) is 5.98. The lowest BCUT2D eigenvalue weighted by atomic mass is 10.1. The van der Waals surface area contributed by atoms with Gasteiger partial charge in [-0.2, -0.15) is 0 Å². The van der Waals surface area contributed by atoms with E-state index in [4.69, 9.17) is 11.6 Å². The van der Waals surface area contributed by atoms with Crippen LogP contribution in [-0.2, 0) is 17.9 Å². The highest BCUT2D eigenvalue weighted by molar-refractivity contribution is 6.31. The van der Waals surface area contributed by atoms with Crippen LogP contribution in [0.2, 0.25) is 5.02 Å². The van der Waals surface area contributed by atoms with E-state index >= 15 is 0 Å². The summed E-state index contributed by atoms with van der Waals surface area (Å²) in [7, 11) is 0. The van der Waals surface area contributed by atoms with Crippen molar-refractivity contribution in [2.24, 2.45) is 11.8 Å². The fraction of sp³-hybridized carbons (Fsp3) is 0.346. The van der Waals surface area contributed by atoms with Gasteiger partial charge in [-0.1, -0.05) is 74.0 Å². The molecule has 156 valence electrons. The molecule has 2 aromatic carbocycles. The van der Waals surface area contributed by atoms with Gasteiger partial charge in [-0.25, -0.2) is 0 Å². The monoisotopic (exact) mass is 420 g/mol. The molecule has 0 aliphatic heterocycles. The lowest BCUT2D eigenvalue weighted by Gasteiger charge is -2.26. The summed E-state index contributed by atoms with van der Waals surface area (Å²) in [6.45, 7) is 6.46. The Morgan fingerprint density at radius 3 is 2.53 bits per heavy atom. The molecule has 1 fully saturated rings. The zero-order valence-corrected chi connectivity index (χ0v) is 18.4. The maximum absolute atomic E-state index is 13.4. The third-order valence-corrected chi connectivity index (χ3v) is 6.18. The van der Waals surface area contributed by atoms with Crippen molar-refractivity contribution in [1.29, 1.82) is 0 Å². The average molecular weight is 421 g/mol. The first-order valence-electron chi connectivity index (χ1n) is 10.7. The second-order valence-corrected chi connectivity index (χ2v) is 9.10. The molecule has 1 saturated carbocycles. The Hall–Kier alpha value is -2.52. The van der Waals surface area contributed by atoms with Crippen LogP contribution in [0.3, 0.4) is 0 Å². The third kappa shape index (κ3) is 4.79. The molecule has 30 heavy (non-hydrogen) atoms. The number of halogens is 1. The van der Waals surface area contributed by atoms with Gasteiger partial charge in [0.05, 0.1) is 6.54 Å². The third-order valence-electron chi connectivity index (χ3n) is 5.81. The molecule has 0 saturated heterocycles. The summed E-state index contributed by atoms with van der Waals surface area (Å²) in [5.74, 6) is 1.18. The van der Waals surface area contributed by atoms with E-state index in [0.717, 1.165) is 29.2 Å². The molecule has 3 nitrogen and oxygen atoms in total. The molecule has 1 aromatic heterocycles. The van der Waals surface area contributed by atoms with E-state index in [0.29, 0.717) is 24.9 Å². The van der Waals surface area contributed by atoms with E-state index in [1.54, 1.807) is 0 Å². The van der Waals surface area contributed by atoms with Gasteiger partial charge in [-0.3, -0.25) is 4.79 Å². The number of hydrogen-bond donors (Lipinski definition) is 0. The zero-order valence-electron chi connectivity index (χ0n) is 17.7. The van der Waals surface area contributed by atoms with Crippen LogP contribution in [0.1, 0.15) is 43.0 Å². The molecule has 0 N–H and O–H groups in total. The Bertz CT molecular complexity index is 995. The molecule has 1 aliphatic carbocycles. The fourth-order valence-corrected chi connectivity index (χ4v) is 4.39. The number of hydrogen-bond acceptors (Lipinski definition) is 1. The van der Waals surface area contributed by atoms with Crippen molar-refractivity contribution in [3.8, 4) is 0 Å². The lowest BCUT2D eigenvalue weighted by molar-refractivity contribution is -0.134. The Morgan fingerprint density at radius 1 is 1.07 bits per heavy atom. The minimum absolute atomic E-state index is 0.109. The number of carbonyl (C=O) groups is 1. The summed E-state index contributed by atoms with van der Waals surface area (Å²) in [6.07, 6.45) is 3.03. The van der Waals surface area contributed by atoms with Crippen LogP contribution in [0, 0.1) is 11.8 Å². The molecule has 4 rings (SSSR count). The number of benzene rings is 2. The first kappa shape index (κ1) is 20.7. The number of aromatic nitrogens is 1. The van der Waals surface area contributed by atoms with E-state index in [9.17, 15) is 4.79 Å². The summed E-state index contributed by atoms with van der Waals surface area (Å²) in [5.41, 5.74) is 3.51. The molecule has 3 aromatic rings. The van der Waals surface area contributed by atoms with Crippen LogP contribution in [-0.4, -0.2) is 21.9 Å². The van der Waals surface area contributed by atoms with Crippen molar-refractivity contribution in [2.45, 2.75) is 39.3 Å². The molecule has 4 heteroatoms. The number of rotatable bonds is 8. The fourth-order valence-electron chi connectivity index (χ4n) is 4.20. The van der Waals surface area contributed by atoms with Crippen molar-refractivity contribution in [2.75, 3.05) is 6.54 Å². The van der Waals surface area contributed by atoms with Gasteiger partial charge in [0.2, 0.25) is 5.91 Å². The quantitative estimate of drug-likeness (QED) is 0.440. The maximum Gasteiger partial charge on any atom is 0.226 e. The normalized spacial score (nSPS) is 17.9. The van der Waals surface area contributed by atoms with Gasteiger partial charge >= 0.3 is 0 Å². The topological polar surface area (TPSA) is 25.2 Å².